The molecule has 0 spiro atoms. The maximum absolute atomic E-state index is 11.2. The van der Waals surface area contributed by atoms with Crippen LogP contribution in [0.15, 0.2) is 12.1 Å². The van der Waals surface area contributed by atoms with E-state index in [-0.39, 0.29) is 21.9 Å². The predicted molar refractivity (Wildman–Crippen MR) is 49.2 cm³/mol. The van der Waals surface area contributed by atoms with Crippen LogP contribution in [0.25, 0.3) is 0 Å². The lowest BCUT2D eigenvalue weighted by molar-refractivity contribution is 0.0597. The first kappa shape index (κ1) is 10.4. The van der Waals surface area contributed by atoms with E-state index < -0.39 is 5.97 Å². The zero-order valence-electron chi connectivity index (χ0n) is 7.24. The van der Waals surface area contributed by atoms with Gasteiger partial charge >= 0.3 is 5.97 Å². The van der Waals surface area contributed by atoms with Crippen molar-refractivity contribution in [2.45, 2.75) is 0 Å². The number of phenols is 1. The minimum atomic E-state index is -0.790. The van der Waals surface area contributed by atoms with Crippen LogP contribution in [0.2, 0.25) is 5.02 Å². The van der Waals surface area contributed by atoms with Gasteiger partial charge < -0.3 is 9.84 Å². The highest BCUT2D eigenvalue weighted by Gasteiger charge is 2.19. The Balaban J connectivity index is 3.47. The Kier molecular flexibility index (Phi) is 2.95. The highest BCUT2D eigenvalue weighted by molar-refractivity contribution is 6.32. The second-order valence-corrected chi connectivity index (χ2v) is 2.83. The number of carbonyl (C=O) groups is 1. The molecular weight excluding hydrogens is 206 g/mol. The lowest BCUT2D eigenvalue weighted by Crippen LogP contribution is -2.04. The Hall–Kier alpha value is -1.73. The summed E-state index contributed by atoms with van der Waals surface area (Å²) >= 11 is 5.66. The van der Waals surface area contributed by atoms with Crippen molar-refractivity contribution in [1.29, 1.82) is 5.26 Å². The van der Waals surface area contributed by atoms with Crippen molar-refractivity contribution in [2.75, 3.05) is 7.11 Å². The molecule has 0 heterocycles. The van der Waals surface area contributed by atoms with E-state index in [1.165, 1.54) is 12.1 Å². The minimum Gasteiger partial charge on any atom is -0.507 e. The van der Waals surface area contributed by atoms with Gasteiger partial charge in [0.15, 0.2) is 0 Å². The van der Waals surface area contributed by atoms with E-state index in [2.05, 4.69) is 4.74 Å². The molecule has 5 heteroatoms. The number of esters is 1. The highest BCUT2D eigenvalue weighted by atomic mass is 35.5. The number of nitrogens with zero attached hydrogens (tertiary/aromatic N) is 1. The summed E-state index contributed by atoms with van der Waals surface area (Å²) in [5.41, 5.74) is -0.291. The Bertz CT molecular complexity index is 423. The first-order valence-electron chi connectivity index (χ1n) is 3.61. The van der Waals surface area contributed by atoms with Gasteiger partial charge in [-0.3, -0.25) is 0 Å². The van der Waals surface area contributed by atoms with E-state index in [1.54, 1.807) is 6.07 Å². The standard InChI is InChI=1S/C9H6ClNO3/c1-14-9(13)8-5(4-11)6(10)2-3-7(8)12/h2-3,12H,1H3. The molecule has 0 aliphatic rings. The largest absolute Gasteiger partial charge is 0.507 e. The van der Waals surface area contributed by atoms with Crippen LogP contribution in [0.3, 0.4) is 0 Å². The molecule has 4 nitrogen and oxygen atoms in total. The minimum absolute atomic E-state index is 0.0847. The molecule has 0 atom stereocenters. The maximum Gasteiger partial charge on any atom is 0.343 e. The van der Waals surface area contributed by atoms with Gasteiger partial charge in [0, 0.05) is 0 Å². The molecule has 72 valence electrons. The van der Waals surface area contributed by atoms with Crippen LogP contribution in [0.4, 0.5) is 0 Å². The number of halogens is 1. The molecule has 0 bridgehead atoms. The first-order chi connectivity index (χ1) is 6.61. The lowest BCUT2D eigenvalue weighted by atomic mass is 10.1. The number of methoxy groups -OCH3 is 1. The Labute approximate surface area is 85.3 Å². The third kappa shape index (κ3) is 1.63. The van der Waals surface area contributed by atoms with Crippen LogP contribution < -0.4 is 0 Å². The molecule has 0 aromatic heterocycles. The van der Waals surface area contributed by atoms with Gasteiger partial charge in [-0.1, -0.05) is 11.6 Å². The number of rotatable bonds is 1. The number of nitriles is 1. The van der Waals surface area contributed by atoms with Crippen molar-refractivity contribution in [3.63, 3.8) is 0 Å². The summed E-state index contributed by atoms with van der Waals surface area (Å²) in [7, 11) is 1.16. The summed E-state index contributed by atoms with van der Waals surface area (Å²) in [5, 5.41) is 18.2. The molecule has 14 heavy (non-hydrogen) atoms. The van der Waals surface area contributed by atoms with Crippen molar-refractivity contribution >= 4 is 17.6 Å². The summed E-state index contributed by atoms with van der Waals surface area (Å²) in [6, 6.07) is 4.29. The molecule has 1 rings (SSSR count). The van der Waals surface area contributed by atoms with Crippen molar-refractivity contribution in [3.05, 3.63) is 28.3 Å². The number of ether oxygens (including phenoxy) is 1. The molecule has 0 aliphatic carbocycles. The molecule has 0 aliphatic heterocycles. The maximum atomic E-state index is 11.2. The van der Waals surface area contributed by atoms with Gasteiger partial charge in [-0.25, -0.2) is 4.79 Å². The molecule has 1 aromatic rings. The number of hydrogen-bond donors (Lipinski definition) is 1. The smallest absolute Gasteiger partial charge is 0.343 e. The first-order valence-corrected chi connectivity index (χ1v) is 3.99. The molecule has 0 radical (unpaired) electrons. The third-order valence-electron chi connectivity index (χ3n) is 1.63. The van der Waals surface area contributed by atoms with Gasteiger partial charge in [0.05, 0.1) is 17.7 Å². The summed E-state index contributed by atoms with van der Waals surface area (Å²) in [6.45, 7) is 0. The molecular formula is C9H6ClNO3. The van der Waals surface area contributed by atoms with Gasteiger partial charge in [0.25, 0.3) is 0 Å². The number of benzene rings is 1. The monoisotopic (exact) mass is 211 g/mol. The zero-order valence-corrected chi connectivity index (χ0v) is 8.00. The molecule has 0 amide bonds. The lowest BCUT2D eigenvalue weighted by Gasteiger charge is -2.05. The van der Waals surface area contributed by atoms with Crippen LogP contribution in [0, 0.1) is 11.3 Å². The SMILES string of the molecule is COC(=O)c1c(O)ccc(Cl)c1C#N. The number of carbonyl (C=O) groups excluding carboxylic acids is 1. The average Bonchev–Trinajstić information content (AvgIpc) is 2.19. The van der Waals surface area contributed by atoms with E-state index in [4.69, 9.17) is 16.9 Å². The quantitative estimate of drug-likeness (QED) is 0.718. The summed E-state index contributed by atoms with van der Waals surface area (Å²) in [6.07, 6.45) is 0. The van der Waals surface area contributed by atoms with Crippen LogP contribution in [0.1, 0.15) is 15.9 Å². The predicted octanol–water partition coefficient (Wildman–Crippen LogP) is 1.70. The Morgan fingerprint density at radius 1 is 1.64 bits per heavy atom. The number of phenolic OH excluding ortho intramolecular Hbond substituents is 1. The second-order valence-electron chi connectivity index (χ2n) is 2.42. The molecule has 1 aromatic carbocycles. The topological polar surface area (TPSA) is 70.3 Å². The van der Waals surface area contributed by atoms with Crippen molar-refractivity contribution in [1.82, 2.24) is 0 Å². The second kappa shape index (κ2) is 3.99. The van der Waals surface area contributed by atoms with E-state index in [1.807, 2.05) is 0 Å². The number of hydrogen-bond acceptors (Lipinski definition) is 4. The fraction of sp³-hybridized carbons (Fsp3) is 0.111. The highest BCUT2D eigenvalue weighted by Crippen LogP contribution is 2.27. The summed E-state index contributed by atoms with van der Waals surface area (Å²) in [5.74, 6) is -1.11. The third-order valence-corrected chi connectivity index (χ3v) is 1.95. The van der Waals surface area contributed by atoms with E-state index in [0.29, 0.717) is 0 Å². The molecule has 0 fully saturated rings. The van der Waals surface area contributed by atoms with Crippen molar-refractivity contribution in [2.24, 2.45) is 0 Å². The Morgan fingerprint density at radius 2 is 2.29 bits per heavy atom. The van der Waals surface area contributed by atoms with Gasteiger partial charge in [0.1, 0.15) is 17.4 Å². The van der Waals surface area contributed by atoms with Gasteiger partial charge in [-0.05, 0) is 12.1 Å². The molecule has 0 saturated carbocycles. The van der Waals surface area contributed by atoms with Gasteiger partial charge in [-0.2, -0.15) is 5.26 Å². The van der Waals surface area contributed by atoms with E-state index in [9.17, 15) is 9.90 Å². The van der Waals surface area contributed by atoms with Crippen LogP contribution in [-0.4, -0.2) is 18.2 Å². The van der Waals surface area contributed by atoms with Crippen LogP contribution in [0.5, 0.6) is 5.75 Å². The average molecular weight is 212 g/mol. The van der Waals surface area contributed by atoms with Crippen molar-refractivity contribution < 1.29 is 14.6 Å². The normalized spacial score (nSPS) is 9.21. The van der Waals surface area contributed by atoms with Crippen LogP contribution >= 0.6 is 11.6 Å². The fourth-order valence-electron chi connectivity index (χ4n) is 0.984. The fourth-order valence-corrected chi connectivity index (χ4v) is 1.18. The molecule has 0 saturated heterocycles. The summed E-state index contributed by atoms with van der Waals surface area (Å²) in [4.78, 5) is 11.2. The molecule has 0 unspecified atom stereocenters. The number of aromatic hydroxyl groups is 1. The zero-order chi connectivity index (χ0) is 10.7. The van der Waals surface area contributed by atoms with Crippen LogP contribution in [-0.2, 0) is 4.74 Å². The van der Waals surface area contributed by atoms with Crippen molar-refractivity contribution in [3.8, 4) is 11.8 Å². The van der Waals surface area contributed by atoms with Gasteiger partial charge in [-0.15, -0.1) is 0 Å². The van der Waals surface area contributed by atoms with Gasteiger partial charge in [0.2, 0.25) is 0 Å². The van der Waals surface area contributed by atoms with E-state index in [0.717, 1.165) is 7.11 Å². The molecule has 1 N–H and O–H groups in total. The van der Waals surface area contributed by atoms with E-state index >= 15 is 0 Å². The summed E-state index contributed by atoms with van der Waals surface area (Å²) < 4.78 is 4.41. The Morgan fingerprint density at radius 3 is 2.79 bits per heavy atom.